The summed E-state index contributed by atoms with van der Waals surface area (Å²) < 4.78 is 0. The van der Waals surface area contributed by atoms with E-state index in [0.29, 0.717) is 5.92 Å². The van der Waals surface area contributed by atoms with E-state index in [2.05, 4.69) is 161 Å². The maximum atomic E-state index is 5.49. The molecule has 6 aromatic rings. The Morgan fingerprint density at radius 1 is 0.592 bits per heavy atom. The average molecular weight is 636 g/mol. The molecule has 49 heavy (non-hydrogen) atoms. The molecule has 0 spiro atoms. The van der Waals surface area contributed by atoms with Gasteiger partial charge in [0.1, 0.15) is 0 Å². The predicted molar refractivity (Wildman–Crippen MR) is 205 cm³/mol. The lowest BCUT2D eigenvalue weighted by molar-refractivity contribution is 0.446. The van der Waals surface area contributed by atoms with E-state index in [0.717, 1.165) is 63.6 Å². The molecule has 2 heterocycles. The molecule has 8 rings (SSSR count). The van der Waals surface area contributed by atoms with Gasteiger partial charge in [0.05, 0.1) is 17.4 Å². The predicted octanol–water partition coefficient (Wildman–Crippen LogP) is 11.4. The van der Waals surface area contributed by atoms with E-state index in [1.54, 1.807) is 0 Å². The Labute approximate surface area is 290 Å². The highest BCUT2D eigenvalue weighted by atomic mass is 15.0. The zero-order valence-corrected chi connectivity index (χ0v) is 28.7. The number of amidine groups is 1. The summed E-state index contributed by atoms with van der Waals surface area (Å²) >= 11 is 0. The van der Waals surface area contributed by atoms with Gasteiger partial charge in [0, 0.05) is 27.8 Å². The Morgan fingerprint density at radius 3 is 1.96 bits per heavy atom. The van der Waals surface area contributed by atoms with Crippen molar-refractivity contribution in [3.63, 3.8) is 0 Å². The summed E-state index contributed by atoms with van der Waals surface area (Å²) in [6, 6.07) is 49.9. The number of hydrogen-bond donors (Lipinski definition) is 0. The summed E-state index contributed by atoms with van der Waals surface area (Å²) in [7, 11) is 0. The molecule has 3 nitrogen and oxygen atoms in total. The highest BCUT2D eigenvalue weighted by Gasteiger charge is 2.36. The van der Waals surface area contributed by atoms with Crippen LogP contribution in [0.2, 0.25) is 0 Å². The Morgan fingerprint density at radius 2 is 1.22 bits per heavy atom. The second-order valence-electron chi connectivity index (χ2n) is 14.1. The Kier molecular flexibility index (Phi) is 7.92. The molecule has 1 aromatic heterocycles. The van der Waals surface area contributed by atoms with Crippen molar-refractivity contribution < 1.29 is 0 Å². The molecule has 0 saturated carbocycles. The third-order valence-electron chi connectivity index (χ3n) is 10.5. The maximum absolute atomic E-state index is 5.49. The molecule has 5 aromatic carbocycles. The fraction of sp³-hybridized carbons (Fsp3) is 0.196. The van der Waals surface area contributed by atoms with Crippen molar-refractivity contribution in [3.05, 3.63) is 173 Å². The molecule has 2 atom stereocenters. The molecule has 2 unspecified atom stereocenters. The minimum absolute atomic E-state index is 0.0158. The van der Waals surface area contributed by atoms with Crippen LogP contribution in [0, 0.1) is 12.8 Å². The first-order valence-corrected chi connectivity index (χ1v) is 17.5. The van der Waals surface area contributed by atoms with E-state index in [9.17, 15) is 0 Å². The lowest BCUT2D eigenvalue weighted by atomic mass is 9.80. The monoisotopic (exact) mass is 635 g/mol. The normalized spacial score (nSPS) is 20.2. The van der Waals surface area contributed by atoms with Crippen molar-refractivity contribution in [3.8, 4) is 33.5 Å². The summed E-state index contributed by atoms with van der Waals surface area (Å²) in [5, 5.41) is 0. The molecule has 0 radical (unpaired) electrons. The molecular weight excluding hydrogens is 595 g/mol. The standard InChI is InChI=1S/C46H41N3/c1-30-19-27-43(34-22-20-32(21-23-34)37-26-28-42(47-31(37)2)33-13-7-5-8-14-33)48-45(35-15-9-6-10-16-35)49-44(30)36-24-25-39-38-17-11-12-18-40(38)46(3,4)41(39)29-36/h5-18,20-26,28-30,44H,19,27H2,1-4H3/b48-43+,49-45-. The number of fused-ring (bicyclic) bond motifs is 3. The van der Waals surface area contributed by atoms with Gasteiger partial charge in [-0.3, -0.25) is 9.98 Å². The fourth-order valence-electron chi connectivity index (χ4n) is 7.72. The van der Waals surface area contributed by atoms with Crippen LogP contribution < -0.4 is 0 Å². The minimum Gasteiger partial charge on any atom is -0.258 e. The number of aromatic nitrogens is 1. The first kappa shape index (κ1) is 30.9. The number of rotatable bonds is 5. The SMILES string of the molecule is Cc1nc(-c2ccccc2)ccc1-c1ccc(/C2=N/C(c3ccccc3)=N\C(c3ccc4c(c3)C(C)(C)c3ccccc3-4)C(C)CC2)cc1. The van der Waals surface area contributed by atoms with Crippen molar-refractivity contribution >= 4 is 11.5 Å². The van der Waals surface area contributed by atoms with Gasteiger partial charge in [-0.2, -0.15) is 0 Å². The lowest BCUT2D eigenvalue weighted by Crippen LogP contribution is -2.19. The second kappa shape index (κ2) is 12.6. The summed E-state index contributed by atoms with van der Waals surface area (Å²) in [5.74, 6) is 1.14. The number of pyridine rings is 1. The third kappa shape index (κ3) is 5.74. The van der Waals surface area contributed by atoms with Crippen LogP contribution in [-0.4, -0.2) is 16.5 Å². The van der Waals surface area contributed by atoms with Gasteiger partial charge in [-0.05, 0) is 70.7 Å². The molecule has 0 amide bonds. The first-order valence-electron chi connectivity index (χ1n) is 17.5. The van der Waals surface area contributed by atoms with Crippen LogP contribution in [0.25, 0.3) is 33.5 Å². The highest BCUT2D eigenvalue weighted by molar-refractivity contribution is 6.12. The Bertz CT molecular complexity index is 2210. The van der Waals surface area contributed by atoms with Gasteiger partial charge in [-0.25, -0.2) is 4.99 Å². The van der Waals surface area contributed by atoms with E-state index >= 15 is 0 Å². The number of benzene rings is 5. The molecule has 240 valence electrons. The number of hydrogen-bond acceptors (Lipinski definition) is 3. The van der Waals surface area contributed by atoms with E-state index in [1.165, 1.54) is 27.8 Å². The van der Waals surface area contributed by atoms with E-state index in [-0.39, 0.29) is 11.5 Å². The van der Waals surface area contributed by atoms with Crippen LogP contribution in [0.15, 0.2) is 150 Å². The summed E-state index contributed by atoms with van der Waals surface area (Å²) in [4.78, 5) is 15.8. The molecule has 0 fully saturated rings. The van der Waals surface area contributed by atoms with Gasteiger partial charge in [0.25, 0.3) is 0 Å². The first-order chi connectivity index (χ1) is 23.9. The van der Waals surface area contributed by atoms with Gasteiger partial charge >= 0.3 is 0 Å². The fourth-order valence-corrected chi connectivity index (χ4v) is 7.72. The largest absolute Gasteiger partial charge is 0.258 e. The molecule has 0 saturated heterocycles. The molecule has 1 aliphatic heterocycles. The van der Waals surface area contributed by atoms with Crippen LogP contribution >= 0.6 is 0 Å². The smallest absolute Gasteiger partial charge is 0.155 e. The van der Waals surface area contributed by atoms with E-state index < -0.39 is 0 Å². The molecule has 2 aliphatic rings. The summed E-state index contributed by atoms with van der Waals surface area (Å²) in [6.45, 7) is 9.14. The van der Waals surface area contributed by atoms with Crippen LogP contribution in [0.5, 0.6) is 0 Å². The van der Waals surface area contributed by atoms with Crippen molar-refractivity contribution in [2.75, 3.05) is 0 Å². The number of aryl methyl sites for hydroxylation is 1. The molecule has 0 N–H and O–H groups in total. The minimum atomic E-state index is -0.0468. The van der Waals surface area contributed by atoms with Crippen molar-refractivity contribution in [1.82, 2.24) is 4.98 Å². The van der Waals surface area contributed by atoms with E-state index in [1.807, 2.05) is 6.07 Å². The van der Waals surface area contributed by atoms with Gasteiger partial charge in [-0.15, -0.1) is 0 Å². The van der Waals surface area contributed by atoms with Gasteiger partial charge in [0.2, 0.25) is 0 Å². The number of aliphatic imine (C=N–C) groups is 2. The Balaban J connectivity index is 1.14. The highest BCUT2D eigenvalue weighted by Crippen LogP contribution is 2.49. The van der Waals surface area contributed by atoms with Crippen LogP contribution in [-0.2, 0) is 5.41 Å². The molecule has 3 heteroatoms. The van der Waals surface area contributed by atoms with Crippen molar-refractivity contribution in [2.24, 2.45) is 15.9 Å². The zero-order chi connectivity index (χ0) is 33.5. The Hall–Kier alpha value is -5.41. The average Bonchev–Trinajstić information content (AvgIpc) is 3.36. The zero-order valence-electron chi connectivity index (χ0n) is 28.7. The molecular formula is C46H41N3. The van der Waals surface area contributed by atoms with Crippen LogP contribution in [0.3, 0.4) is 0 Å². The van der Waals surface area contributed by atoms with Gasteiger partial charge in [0.15, 0.2) is 5.84 Å². The van der Waals surface area contributed by atoms with Gasteiger partial charge < -0.3 is 0 Å². The van der Waals surface area contributed by atoms with E-state index in [4.69, 9.17) is 15.0 Å². The topological polar surface area (TPSA) is 37.6 Å². The summed E-state index contributed by atoms with van der Waals surface area (Å²) in [5.41, 5.74) is 15.4. The maximum Gasteiger partial charge on any atom is 0.155 e. The summed E-state index contributed by atoms with van der Waals surface area (Å²) in [6.07, 6.45) is 1.89. The second-order valence-corrected chi connectivity index (χ2v) is 14.1. The van der Waals surface area contributed by atoms with Crippen LogP contribution in [0.4, 0.5) is 0 Å². The molecule has 1 aliphatic carbocycles. The van der Waals surface area contributed by atoms with Crippen molar-refractivity contribution in [1.29, 1.82) is 0 Å². The molecule has 0 bridgehead atoms. The number of nitrogens with zero attached hydrogens (tertiary/aromatic N) is 3. The van der Waals surface area contributed by atoms with Crippen LogP contribution in [0.1, 0.15) is 73.2 Å². The third-order valence-corrected chi connectivity index (χ3v) is 10.5. The van der Waals surface area contributed by atoms with Gasteiger partial charge in [-0.1, -0.05) is 154 Å². The lowest BCUT2D eigenvalue weighted by Gasteiger charge is -2.27. The van der Waals surface area contributed by atoms with Crippen molar-refractivity contribution in [2.45, 2.75) is 52.0 Å². The quantitative estimate of drug-likeness (QED) is 0.186.